The zero-order valence-electron chi connectivity index (χ0n) is 79.4. The number of aromatic amines is 2. The number of nitrogens with one attached hydrogen (secondary N) is 6. The lowest BCUT2D eigenvalue weighted by Crippen LogP contribution is -2.52. The van der Waals surface area contributed by atoms with Gasteiger partial charge in [0, 0.05) is 157 Å². The fourth-order valence-corrected chi connectivity index (χ4v) is 17.8. The van der Waals surface area contributed by atoms with E-state index in [2.05, 4.69) is 82.7 Å². The van der Waals surface area contributed by atoms with Crippen LogP contribution >= 0.6 is 0 Å². The largest absolute Gasteiger partial charge is 0.496 e. The summed E-state index contributed by atoms with van der Waals surface area (Å²) in [6.45, 7) is 21.0. The van der Waals surface area contributed by atoms with Crippen LogP contribution in [0.3, 0.4) is 0 Å². The lowest BCUT2D eigenvalue weighted by molar-refractivity contribution is -0.138. The molecule has 39 nitrogen and oxygen atoms in total. The molecule has 12 aromatic rings. The monoisotopic (exact) mass is 1900 g/mol. The molecular weight excluding hydrogens is 1780 g/mol. The summed E-state index contributed by atoms with van der Waals surface area (Å²) in [6.07, 6.45) is 6.88. The van der Waals surface area contributed by atoms with Gasteiger partial charge in [-0.2, -0.15) is 20.2 Å². The van der Waals surface area contributed by atoms with Crippen molar-refractivity contribution < 1.29 is 101 Å². The highest BCUT2D eigenvalue weighted by Gasteiger charge is 2.43. The average Bonchev–Trinajstić information content (AvgIpc) is 1.57. The van der Waals surface area contributed by atoms with Gasteiger partial charge < -0.3 is 83.1 Å². The van der Waals surface area contributed by atoms with Crippen LogP contribution in [-0.4, -0.2) is 248 Å². The number of carbonyl (C=O) groups excluding carboxylic acids is 10. The average molecular weight is 1900 g/mol. The maximum atomic E-state index is 13.5. The summed E-state index contributed by atoms with van der Waals surface area (Å²) in [5.41, 5.74) is 22.4. The predicted octanol–water partition coefficient (Wildman–Crippen LogP) is 10.4. The van der Waals surface area contributed by atoms with Crippen molar-refractivity contribution in [2.75, 3.05) is 112 Å². The van der Waals surface area contributed by atoms with Crippen LogP contribution in [0, 0.1) is 34.6 Å². The van der Waals surface area contributed by atoms with Gasteiger partial charge in [-0.05, 0) is 163 Å². The molecular formula is C98H114FN19O20. The molecule has 4 aliphatic heterocycles. The molecule has 2 saturated carbocycles. The number of imide groups is 2. The van der Waals surface area contributed by atoms with Crippen molar-refractivity contribution in [3.05, 3.63) is 163 Å². The number of anilines is 2. The highest BCUT2D eigenvalue weighted by molar-refractivity contribution is 6.14. The molecule has 8 aromatic heterocycles. The number of alkyl halides is 1. The number of ether oxygens (including phenoxy) is 8. The first-order chi connectivity index (χ1) is 67.4. The van der Waals surface area contributed by atoms with Crippen molar-refractivity contribution >= 4 is 115 Å². The van der Waals surface area contributed by atoms with Gasteiger partial charge >= 0.3 is 12.5 Å². The fourth-order valence-electron chi connectivity index (χ4n) is 17.8. The van der Waals surface area contributed by atoms with Crippen molar-refractivity contribution in [1.29, 1.82) is 0 Å². The van der Waals surface area contributed by atoms with E-state index in [0.717, 1.165) is 148 Å². The van der Waals surface area contributed by atoms with Crippen LogP contribution in [0.2, 0.25) is 0 Å². The van der Waals surface area contributed by atoms with Gasteiger partial charge in [0.15, 0.2) is 0 Å². The SMILES string of the molecule is CCn1nc(C2CC2)cc1Cc1nc(OC=O)nc2[nH]c3cc(-c4c(C)noc4C)c(OC)cc3c12.CCn1nc(C2CC2)cc1Nc1nc(C(=O)NCCOCCOCCOCCC(=O)Cc2cccc3c2CN(C2CCC(=O)NC2=O)C3=O)nc2[nH]c3cc(-c4c(C)noc4C)c(C)cc3c12.NCCOCCOCCOCCC(=O)Cc1cccc2c1CN(C1CCC(=O)NC1=O)C2=O.[2H]CF. The molecule has 2 saturated heterocycles. The molecule has 138 heavy (non-hydrogen) atoms. The standard InChI is InChI=1S/C48H54N10O9.C26H26N6O4.C23H31N3O7.CH3F/c1-5-58-39(24-36(55-58)29-9-10-29)51-44-42-34-21-26(2)33(41-27(3)56-67-28(41)4)23-37(34)50-43(42)53-45(54-44)47(62)49-14-16-65-18-20-66-19-17-64-15-13-31(59)22-30-7-6-8-32-35(30)25-57(48(32)63)38-11-12-40(60)52-46(38)61;1-5-32-16(8-19(30-32)15-6-7-15)9-21-24-17-11-22(34-4)18(23-13(2)31-36-14(23)3)10-20(17)27-25(24)29-26(28-21)35-12-33;24-7-9-32-11-13-33-12-10-31-8-6-17(27)14-16-2-1-3-18-19(16)15-26(23(18)30)20-4-5-21(28)25-22(20)29;1-2/h6-8,21,23-24,29,38H,5,9-20,22,25H2,1-4H3,(H,49,62)(H,52,60,61)(H2,50,51,53,54);8,10-12,15H,5-7,9H2,1-4H3,(H,27,28,29);1-3,20H,4-15,24H2,(H,25,28,29);1H3/i;;;1D. The van der Waals surface area contributed by atoms with Crippen LogP contribution < -0.4 is 36.5 Å². The minimum atomic E-state index is -1.00. The van der Waals surface area contributed by atoms with Gasteiger partial charge in [0.25, 0.3) is 17.7 Å². The van der Waals surface area contributed by atoms with E-state index in [0.29, 0.717) is 150 Å². The minimum absolute atomic E-state index is 0.00180. The second-order valence-corrected chi connectivity index (χ2v) is 34.3. The third-order valence-electron chi connectivity index (χ3n) is 24.9. The van der Waals surface area contributed by atoms with Crippen LogP contribution in [0.4, 0.5) is 16.0 Å². The lowest BCUT2D eigenvalue weighted by atomic mass is 9.97. The van der Waals surface area contributed by atoms with Gasteiger partial charge in [0.2, 0.25) is 29.5 Å². The fraction of sp³-hybridized carbons (Fsp3) is 0.449. The van der Waals surface area contributed by atoms with E-state index in [1.165, 1.54) is 22.6 Å². The van der Waals surface area contributed by atoms with Crippen molar-refractivity contribution in [2.24, 2.45) is 5.73 Å². The van der Waals surface area contributed by atoms with E-state index in [-0.39, 0.29) is 125 Å². The van der Waals surface area contributed by atoms with E-state index in [1.807, 2.05) is 75.2 Å². The van der Waals surface area contributed by atoms with Gasteiger partial charge in [-0.15, -0.1) is 0 Å². The zero-order valence-corrected chi connectivity index (χ0v) is 78.4. The van der Waals surface area contributed by atoms with Crippen molar-refractivity contribution in [3.8, 4) is 34.0 Å². The number of halogens is 1. The van der Waals surface area contributed by atoms with E-state index in [9.17, 15) is 52.3 Å². The molecule has 8 N–H and O–H groups in total. The van der Waals surface area contributed by atoms with Crippen molar-refractivity contribution in [3.63, 3.8) is 0 Å². The summed E-state index contributed by atoms with van der Waals surface area (Å²) in [5, 5.41) is 32.3. The first-order valence-electron chi connectivity index (χ1n) is 47.1. The number of fused-ring (bicyclic) bond motifs is 8. The first-order valence-corrected chi connectivity index (χ1v) is 46.4. The quantitative estimate of drug-likeness (QED) is 0.0106. The Labute approximate surface area is 794 Å². The molecule has 0 radical (unpaired) electrons. The molecule has 7 amide bonds. The zero-order chi connectivity index (χ0) is 98.1. The summed E-state index contributed by atoms with van der Waals surface area (Å²) in [6, 6.07) is 21.6. The molecule has 6 aliphatic rings. The van der Waals surface area contributed by atoms with Crippen molar-refractivity contribution in [1.82, 2.24) is 85.5 Å². The van der Waals surface area contributed by atoms with E-state index in [1.54, 1.807) is 31.4 Å². The normalized spacial score (nSPS) is 15.7. The summed E-state index contributed by atoms with van der Waals surface area (Å²) < 4.78 is 74.1. The number of ketones is 2. The molecule has 40 heteroatoms. The predicted molar refractivity (Wildman–Crippen MR) is 502 cm³/mol. The number of H-pyrrole nitrogens is 2. The number of hydrogen-bond acceptors (Lipinski definition) is 30. The maximum absolute atomic E-state index is 13.5. The Morgan fingerprint density at radius 3 is 1.59 bits per heavy atom. The summed E-state index contributed by atoms with van der Waals surface area (Å²) in [7, 11) is 0.643. The van der Waals surface area contributed by atoms with E-state index < -0.39 is 37.0 Å². The van der Waals surface area contributed by atoms with Crippen molar-refractivity contribution in [2.45, 2.75) is 182 Å². The first kappa shape index (κ1) is 97.3. The number of nitrogens with two attached hydrogens (primary N) is 1. The van der Waals surface area contributed by atoms with E-state index in [4.69, 9.17) is 74.2 Å². The Balaban J connectivity index is 0.000000171. The van der Waals surface area contributed by atoms with Crippen LogP contribution in [0.15, 0.2) is 81.8 Å². The van der Waals surface area contributed by atoms with Gasteiger partial charge in [0.1, 0.15) is 63.9 Å². The van der Waals surface area contributed by atoms with Gasteiger partial charge in [-0.3, -0.25) is 67.7 Å². The Bertz CT molecular complexity index is 6530. The van der Waals surface area contributed by atoms with E-state index >= 15 is 0 Å². The molecule has 4 aromatic carbocycles. The Hall–Kier alpha value is -13.8. The smallest absolute Gasteiger partial charge is 0.326 e. The number of nitrogens with zero attached hydrogens (tertiary/aromatic N) is 12. The molecule has 0 spiro atoms. The number of carbonyl (C=O) groups is 10. The van der Waals surface area contributed by atoms with Crippen LogP contribution in [0.25, 0.3) is 66.1 Å². The molecule has 12 heterocycles. The Morgan fingerprint density at radius 2 is 1.09 bits per heavy atom. The minimum Gasteiger partial charge on any atom is -0.496 e. The van der Waals surface area contributed by atoms with Crippen LogP contribution in [-0.2, 0) is 107 Å². The molecule has 2 unspecified atom stereocenters. The second kappa shape index (κ2) is 45.5. The molecule has 728 valence electrons. The highest BCUT2D eigenvalue weighted by Crippen LogP contribution is 2.45. The third-order valence-corrected chi connectivity index (χ3v) is 24.9. The summed E-state index contributed by atoms with van der Waals surface area (Å²) in [4.78, 5) is 152. The number of hydrogen-bond donors (Lipinski definition) is 7. The van der Waals surface area contributed by atoms with Gasteiger partial charge in [-0.25, -0.2) is 14.6 Å². The topological polar surface area (TPSA) is 496 Å². The summed E-state index contributed by atoms with van der Waals surface area (Å²) >= 11 is 0. The Kier molecular flexibility index (Phi) is 32.1. The number of benzene rings is 4. The number of aromatic nitrogens is 12. The number of Topliss-reactive ketones (excluding diaryl/α,β-unsaturated/α-hetero) is 2. The molecule has 2 aliphatic carbocycles. The van der Waals surface area contributed by atoms with Crippen LogP contribution in [0.5, 0.6) is 11.8 Å². The molecule has 0 bridgehead atoms. The maximum Gasteiger partial charge on any atom is 0.326 e. The number of amides is 7. The number of methoxy groups -OCH3 is 1. The number of piperidine rings is 2. The third kappa shape index (κ3) is 22.9. The summed E-state index contributed by atoms with van der Waals surface area (Å²) in [5.74, 6) is 1.84. The number of aryl methyl sites for hydroxylation is 7. The molecule has 4 fully saturated rings. The van der Waals surface area contributed by atoms with Crippen LogP contribution in [0.1, 0.15) is 196 Å². The molecule has 18 rings (SSSR count). The second-order valence-electron chi connectivity index (χ2n) is 34.3. The van der Waals surface area contributed by atoms with Gasteiger partial charge in [-0.1, -0.05) is 34.6 Å². The number of rotatable bonds is 43. The lowest BCUT2D eigenvalue weighted by Gasteiger charge is -2.29. The highest BCUT2D eigenvalue weighted by atomic mass is 19.1. The van der Waals surface area contributed by atoms with Gasteiger partial charge in [0.05, 0.1) is 134 Å². The molecule has 2 atom stereocenters. The Morgan fingerprint density at radius 1 is 0.587 bits per heavy atom.